The fourth-order valence-corrected chi connectivity index (χ4v) is 5.23. The van der Waals surface area contributed by atoms with Crippen LogP contribution in [-0.2, 0) is 20.9 Å². The van der Waals surface area contributed by atoms with Crippen LogP contribution < -0.4 is 14.8 Å². The Labute approximate surface area is 273 Å². The summed E-state index contributed by atoms with van der Waals surface area (Å²) in [5, 5.41) is 13.2. The largest absolute Gasteiger partial charge is 0.490 e. The van der Waals surface area contributed by atoms with Crippen molar-refractivity contribution in [2.75, 3.05) is 25.1 Å². The van der Waals surface area contributed by atoms with Crippen molar-refractivity contribution in [3.8, 4) is 11.5 Å². The number of anilines is 1. The number of thioether (sulfide) groups is 1. The maximum absolute atomic E-state index is 13.1. The van der Waals surface area contributed by atoms with Gasteiger partial charge in [-0.3, -0.25) is 29.4 Å². The van der Waals surface area contributed by atoms with Crippen molar-refractivity contribution in [3.05, 3.63) is 97.4 Å². The van der Waals surface area contributed by atoms with Crippen LogP contribution in [0.15, 0.2) is 65.6 Å². The van der Waals surface area contributed by atoms with Crippen molar-refractivity contribution < 1.29 is 38.3 Å². The van der Waals surface area contributed by atoms with E-state index in [-0.39, 0.29) is 40.1 Å². The molecule has 1 fully saturated rings. The molecule has 1 saturated heterocycles. The Kier molecular flexibility index (Phi) is 11.8. The number of ether oxygens (including phenoxy) is 3. The average molecular weight is 668 g/mol. The molecule has 0 atom stereocenters. The minimum absolute atomic E-state index is 0.0493. The van der Waals surface area contributed by atoms with Gasteiger partial charge in [0.2, 0.25) is 5.91 Å². The topological polar surface area (TPSA) is 154 Å². The molecule has 0 saturated carbocycles. The Morgan fingerprint density at radius 1 is 1.04 bits per heavy atom. The number of halogens is 1. The average Bonchev–Trinajstić information content (AvgIpc) is 3.29. The van der Waals surface area contributed by atoms with Crippen LogP contribution >= 0.6 is 23.4 Å². The molecule has 0 aromatic heterocycles. The van der Waals surface area contributed by atoms with Crippen molar-refractivity contribution in [3.63, 3.8) is 0 Å². The molecule has 1 aliphatic heterocycles. The highest BCUT2D eigenvalue weighted by Crippen LogP contribution is 2.35. The van der Waals surface area contributed by atoms with Crippen LogP contribution in [-0.4, -0.2) is 52.6 Å². The Balaban J connectivity index is 1.41. The number of nitrogens with zero attached hydrogens (tertiary/aromatic N) is 2. The van der Waals surface area contributed by atoms with Crippen LogP contribution in [0.4, 0.5) is 16.2 Å². The first-order chi connectivity index (χ1) is 22.1. The molecule has 0 spiro atoms. The van der Waals surface area contributed by atoms with Gasteiger partial charge in [0.1, 0.15) is 13.2 Å². The summed E-state index contributed by atoms with van der Waals surface area (Å²) < 4.78 is 16.8. The lowest BCUT2D eigenvalue weighted by molar-refractivity contribution is -0.384. The molecule has 14 heteroatoms. The number of carbonyl (C=O) groups is 4. The van der Waals surface area contributed by atoms with Crippen LogP contribution in [0.1, 0.15) is 48.2 Å². The third-order valence-corrected chi connectivity index (χ3v) is 7.69. The zero-order valence-electron chi connectivity index (χ0n) is 24.9. The second kappa shape index (κ2) is 15.9. The monoisotopic (exact) mass is 667 g/mol. The second-order valence-electron chi connectivity index (χ2n) is 9.86. The van der Waals surface area contributed by atoms with Crippen molar-refractivity contribution >= 4 is 63.8 Å². The number of carbonyl (C=O) groups excluding carboxylic acids is 4. The third-order valence-electron chi connectivity index (χ3n) is 6.46. The minimum Gasteiger partial charge on any atom is -0.490 e. The molecular formula is C32H30ClN3O9S. The number of hydrogen-bond donors (Lipinski definition) is 1. The summed E-state index contributed by atoms with van der Waals surface area (Å²) in [5.74, 6) is -1.17. The van der Waals surface area contributed by atoms with Gasteiger partial charge in [-0.1, -0.05) is 43.1 Å². The lowest BCUT2D eigenvalue weighted by Crippen LogP contribution is -2.36. The van der Waals surface area contributed by atoms with Gasteiger partial charge in [0.05, 0.1) is 33.6 Å². The number of imide groups is 1. The van der Waals surface area contributed by atoms with Gasteiger partial charge in [-0.2, -0.15) is 0 Å². The Bertz CT molecular complexity index is 1690. The number of amides is 3. The molecule has 4 rings (SSSR count). The van der Waals surface area contributed by atoms with E-state index in [1.807, 2.05) is 6.92 Å². The van der Waals surface area contributed by atoms with E-state index in [1.165, 1.54) is 36.4 Å². The van der Waals surface area contributed by atoms with Gasteiger partial charge in [-0.05, 0) is 72.6 Å². The molecule has 3 aromatic rings. The van der Waals surface area contributed by atoms with Crippen molar-refractivity contribution in [2.45, 2.75) is 33.3 Å². The van der Waals surface area contributed by atoms with Crippen molar-refractivity contribution in [1.82, 2.24) is 4.90 Å². The molecule has 3 aromatic carbocycles. The molecule has 1 N–H and O–H groups in total. The first-order valence-electron chi connectivity index (χ1n) is 14.2. The molecule has 1 heterocycles. The smallest absolute Gasteiger partial charge is 0.339 e. The highest BCUT2D eigenvalue weighted by atomic mass is 35.5. The molecule has 12 nitrogen and oxygen atoms in total. The Hall–Kier alpha value is -4.88. The Morgan fingerprint density at radius 3 is 2.59 bits per heavy atom. The number of unbranched alkanes of at least 4 members (excludes halogenated alkanes) is 1. The highest BCUT2D eigenvalue weighted by molar-refractivity contribution is 8.18. The van der Waals surface area contributed by atoms with Gasteiger partial charge >= 0.3 is 5.97 Å². The summed E-state index contributed by atoms with van der Waals surface area (Å²) in [5.41, 5.74) is 1.42. The van der Waals surface area contributed by atoms with E-state index in [0.717, 1.165) is 11.3 Å². The fourth-order valence-electron chi connectivity index (χ4n) is 4.20. The van der Waals surface area contributed by atoms with Crippen molar-refractivity contribution in [2.24, 2.45) is 0 Å². The summed E-state index contributed by atoms with van der Waals surface area (Å²) in [6.07, 6.45) is 3.05. The predicted molar refractivity (Wildman–Crippen MR) is 173 cm³/mol. The van der Waals surface area contributed by atoms with E-state index in [1.54, 1.807) is 37.3 Å². The summed E-state index contributed by atoms with van der Waals surface area (Å²) in [4.78, 5) is 62.4. The number of esters is 1. The summed E-state index contributed by atoms with van der Waals surface area (Å²) in [6.45, 7) is 3.82. The predicted octanol–water partition coefficient (Wildman–Crippen LogP) is 6.86. The molecular weight excluding hydrogens is 638 g/mol. The molecule has 46 heavy (non-hydrogen) atoms. The number of hydrogen-bond acceptors (Lipinski definition) is 10. The van der Waals surface area contributed by atoms with Gasteiger partial charge in [0.15, 0.2) is 11.5 Å². The normalized spacial score (nSPS) is 13.5. The first kappa shape index (κ1) is 34.0. The molecule has 3 amide bonds. The lowest BCUT2D eigenvalue weighted by Gasteiger charge is -2.14. The maximum atomic E-state index is 13.1. The standard InChI is InChI=1S/C32H30ClN3O9S/c1-3-5-13-44-31(39)24-17-22(10-11-25(24)33)34-29(37)18-35-30(38)28(46-32(35)40)16-20-9-12-26(27(15-20)43-4-2)45-19-21-7-6-8-23(14-21)36(41)42/h6-12,14-17H,3-5,13,18-19H2,1-2H3,(H,34,37)/b28-16+. The van der Waals surface area contributed by atoms with E-state index in [2.05, 4.69) is 5.32 Å². The highest BCUT2D eigenvalue weighted by Gasteiger charge is 2.36. The Morgan fingerprint density at radius 2 is 1.85 bits per heavy atom. The molecule has 0 aliphatic carbocycles. The van der Waals surface area contributed by atoms with Gasteiger partial charge in [-0.25, -0.2) is 4.79 Å². The van der Waals surface area contributed by atoms with Crippen LogP contribution in [0.2, 0.25) is 5.02 Å². The van der Waals surface area contributed by atoms with Gasteiger partial charge < -0.3 is 19.5 Å². The van der Waals surface area contributed by atoms with E-state index in [4.69, 9.17) is 25.8 Å². The van der Waals surface area contributed by atoms with E-state index in [9.17, 15) is 29.3 Å². The van der Waals surface area contributed by atoms with Crippen molar-refractivity contribution in [1.29, 1.82) is 0 Å². The summed E-state index contributed by atoms with van der Waals surface area (Å²) in [6, 6.07) is 15.3. The first-order valence-corrected chi connectivity index (χ1v) is 15.4. The number of rotatable bonds is 14. The van der Waals surface area contributed by atoms with Crippen LogP contribution in [0.3, 0.4) is 0 Å². The molecule has 1 aliphatic rings. The molecule has 240 valence electrons. The summed E-state index contributed by atoms with van der Waals surface area (Å²) in [7, 11) is 0. The zero-order valence-corrected chi connectivity index (χ0v) is 26.5. The number of nitro groups is 1. The van der Waals surface area contributed by atoms with Crippen LogP contribution in [0, 0.1) is 10.1 Å². The van der Waals surface area contributed by atoms with Crippen LogP contribution in [0.5, 0.6) is 11.5 Å². The van der Waals surface area contributed by atoms with E-state index >= 15 is 0 Å². The summed E-state index contributed by atoms with van der Waals surface area (Å²) >= 11 is 6.82. The minimum atomic E-state index is -0.653. The molecule has 0 radical (unpaired) electrons. The quantitative estimate of drug-likeness (QED) is 0.0634. The zero-order chi connectivity index (χ0) is 33.2. The number of nitrogens with one attached hydrogen (secondary N) is 1. The SMILES string of the molecule is CCCCOC(=O)c1cc(NC(=O)CN2C(=O)S/C(=C/c3ccc(OCc4cccc([N+](=O)[O-])c4)c(OCC)c3)C2=O)ccc1Cl. The molecule has 0 unspecified atom stereocenters. The van der Waals surface area contributed by atoms with Gasteiger partial charge in [0, 0.05) is 17.8 Å². The fraction of sp³-hybridized carbons (Fsp3) is 0.250. The van der Waals surface area contributed by atoms with E-state index in [0.29, 0.717) is 47.4 Å². The second-order valence-corrected chi connectivity index (χ2v) is 11.3. The molecule has 0 bridgehead atoms. The van der Waals surface area contributed by atoms with E-state index < -0.39 is 34.5 Å². The number of non-ortho nitro benzene ring substituents is 1. The van der Waals surface area contributed by atoms with Gasteiger partial charge in [0.25, 0.3) is 16.8 Å². The van der Waals surface area contributed by atoms with Gasteiger partial charge in [-0.15, -0.1) is 0 Å². The lowest BCUT2D eigenvalue weighted by atomic mass is 10.1. The third kappa shape index (κ3) is 8.86. The number of benzene rings is 3. The number of nitro benzene ring substituents is 1. The maximum Gasteiger partial charge on any atom is 0.339 e. The van der Waals surface area contributed by atoms with Crippen LogP contribution in [0.25, 0.3) is 6.08 Å².